The van der Waals surface area contributed by atoms with Crippen molar-refractivity contribution in [3.63, 3.8) is 0 Å². The number of nitrogens with zero attached hydrogens (tertiary/aromatic N) is 4. The summed E-state index contributed by atoms with van der Waals surface area (Å²) >= 11 is 7.62. The average Bonchev–Trinajstić information content (AvgIpc) is 3.34. The zero-order valence-electron chi connectivity index (χ0n) is 15.6. The summed E-state index contributed by atoms with van der Waals surface area (Å²) in [6, 6.07) is 14.7. The molecule has 0 aliphatic carbocycles. The molecule has 0 spiro atoms. The van der Waals surface area contributed by atoms with E-state index in [0.717, 1.165) is 16.6 Å². The Kier molecular flexibility index (Phi) is 5.73. The van der Waals surface area contributed by atoms with Gasteiger partial charge in [0.05, 0.1) is 20.8 Å². The Morgan fingerprint density at radius 3 is 2.76 bits per heavy atom. The number of aromatic nitrogens is 3. The molecule has 0 atom stereocenters. The van der Waals surface area contributed by atoms with Crippen LogP contribution in [0.15, 0.2) is 52.9 Å². The molecule has 0 aliphatic rings. The maximum atomic E-state index is 12.8. The fourth-order valence-corrected chi connectivity index (χ4v) is 3.91. The van der Waals surface area contributed by atoms with Crippen LogP contribution in [0.25, 0.3) is 21.7 Å². The van der Waals surface area contributed by atoms with Crippen LogP contribution in [0, 0.1) is 0 Å². The molecule has 9 heteroatoms. The van der Waals surface area contributed by atoms with E-state index in [1.807, 2.05) is 49.4 Å². The Labute approximate surface area is 176 Å². The molecule has 4 aromatic rings. The van der Waals surface area contributed by atoms with Gasteiger partial charge in [0.25, 0.3) is 0 Å². The van der Waals surface area contributed by atoms with E-state index in [9.17, 15) is 4.79 Å². The highest BCUT2D eigenvalue weighted by atomic mass is 35.5. The Hall–Kier alpha value is -2.97. The maximum Gasteiger partial charge on any atom is 0.324 e. The quantitative estimate of drug-likeness (QED) is 0.442. The molecule has 0 saturated carbocycles. The number of halogens is 1. The molecule has 2 amide bonds. The van der Waals surface area contributed by atoms with Crippen LogP contribution in [0.1, 0.15) is 19.2 Å². The van der Waals surface area contributed by atoms with Gasteiger partial charge in [-0.15, -0.1) is 10.2 Å². The molecule has 29 heavy (non-hydrogen) atoms. The van der Waals surface area contributed by atoms with E-state index in [1.54, 1.807) is 11.0 Å². The number of urea groups is 1. The van der Waals surface area contributed by atoms with Gasteiger partial charge in [-0.2, -0.15) is 0 Å². The number of para-hydroxylation sites is 1. The van der Waals surface area contributed by atoms with Crippen LogP contribution in [0.5, 0.6) is 0 Å². The summed E-state index contributed by atoms with van der Waals surface area (Å²) in [4.78, 5) is 18.9. The van der Waals surface area contributed by atoms with Gasteiger partial charge in [-0.1, -0.05) is 54.1 Å². The smallest absolute Gasteiger partial charge is 0.324 e. The van der Waals surface area contributed by atoms with E-state index in [4.69, 9.17) is 16.0 Å². The first kappa shape index (κ1) is 19.4. The first-order valence-corrected chi connectivity index (χ1v) is 10.3. The molecule has 0 saturated heterocycles. The third-order valence-electron chi connectivity index (χ3n) is 4.19. The van der Waals surface area contributed by atoms with Crippen LogP contribution in [0.2, 0.25) is 5.02 Å². The summed E-state index contributed by atoms with van der Waals surface area (Å²) < 4.78 is 6.75. The minimum absolute atomic E-state index is 0.196. The van der Waals surface area contributed by atoms with Crippen molar-refractivity contribution in [1.29, 1.82) is 0 Å². The molecule has 7 nitrogen and oxygen atoms in total. The molecule has 0 fully saturated rings. The molecule has 2 aromatic heterocycles. The molecule has 2 aromatic carbocycles. The number of hydrogen-bond acceptors (Lipinski definition) is 6. The van der Waals surface area contributed by atoms with Gasteiger partial charge in [0, 0.05) is 6.54 Å². The summed E-state index contributed by atoms with van der Waals surface area (Å²) in [5.41, 5.74) is 1.52. The zero-order chi connectivity index (χ0) is 20.2. The van der Waals surface area contributed by atoms with Crippen molar-refractivity contribution in [2.75, 3.05) is 11.9 Å². The van der Waals surface area contributed by atoms with E-state index in [1.165, 1.54) is 11.3 Å². The Morgan fingerprint density at radius 1 is 1.17 bits per heavy atom. The van der Waals surface area contributed by atoms with Crippen LogP contribution < -0.4 is 5.32 Å². The number of thiazole rings is 1. The van der Waals surface area contributed by atoms with Crippen LogP contribution in [0.4, 0.5) is 9.93 Å². The van der Waals surface area contributed by atoms with E-state index in [-0.39, 0.29) is 12.6 Å². The lowest BCUT2D eigenvalue weighted by atomic mass is 10.2. The molecule has 2 heterocycles. The molecular weight excluding hydrogens is 410 g/mol. The molecule has 0 unspecified atom stereocenters. The van der Waals surface area contributed by atoms with Crippen molar-refractivity contribution in [2.45, 2.75) is 19.9 Å². The predicted molar refractivity (Wildman–Crippen MR) is 114 cm³/mol. The lowest BCUT2D eigenvalue weighted by Crippen LogP contribution is -2.35. The summed E-state index contributed by atoms with van der Waals surface area (Å²) in [6.07, 6.45) is 0.790. The van der Waals surface area contributed by atoms with Crippen molar-refractivity contribution in [3.05, 3.63) is 59.4 Å². The second-order valence-electron chi connectivity index (χ2n) is 6.32. The highest BCUT2D eigenvalue weighted by Crippen LogP contribution is 2.27. The van der Waals surface area contributed by atoms with Crippen molar-refractivity contribution in [1.82, 2.24) is 20.1 Å². The SMILES string of the molecule is CCCN(Cc1nnc(-c2ccccc2Cl)o1)C(=O)Nc1nc2ccccc2s1. The van der Waals surface area contributed by atoms with Gasteiger partial charge in [0.2, 0.25) is 11.8 Å². The van der Waals surface area contributed by atoms with Gasteiger partial charge in [0.1, 0.15) is 6.54 Å². The number of rotatable bonds is 6. The minimum Gasteiger partial charge on any atom is -0.419 e. The summed E-state index contributed by atoms with van der Waals surface area (Å²) in [5.74, 6) is 0.668. The molecule has 4 rings (SSSR count). The predicted octanol–water partition coefficient (Wildman–Crippen LogP) is 5.44. The number of carbonyl (C=O) groups excluding carboxylic acids is 1. The maximum absolute atomic E-state index is 12.8. The minimum atomic E-state index is -0.261. The normalized spacial score (nSPS) is 11.0. The van der Waals surface area contributed by atoms with E-state index >= 15 is 0 Å². The van der Waals surface area contributed by atoms with Crippen LogP contribution in [-0.4, -0.2) is 32.7 Å². The topological polar surface area (TPSA) is 84.2 Å². The second kappa shape index (κ2) is 8.59. The zero-order valence-corrected chi connectivity index (χ0v) is 17.2. The number of carbonyl (C=O) groups is 1. The molecule has 0 bridgehead atoms. The second-order valence-corrected chi connectivity index (χ2v) is 7.76. The van der Waals surface area contributed by atoms with Gasteiger partial charge >= 0.3 is 6.03 Å². The lowest BCUT2D eigenvalue weighted by Gasteiger charge is -2.19. The highest BCUT2D eigenvalue weighted by Gasteiger charge is 2.19. The fourth-order valence-electron chi connectivity index (χ4n) is 2.84. The van der Waals surface area contributed by atoms with Gasteiger partial charge < -0.3 is 9.32 Å². The number of hydrogen-bond donors (Lipinski definition) is 1. The van der Waals surface area contributed by atoms with Gasteiger partial charge in [-0.3, -0.25) is 5.32 Å². The van der Waals surface area contributed by atoms with Crippen LogP contribution in [-0.2, 0) is 6.54 Å². The molecule has 148 valence electrons. The van der Waals surface area contributed by atoms with Crippen LogP contribution >= 0.6 is 22.9 Å². The molecule has 0 aliphatic heterocycles. The van der Waals surface area contributed by atoms with Gasteiger partial charge in [-0.05, 0) is 30.7 Å². The number of anilines is 1. The molecule has 0 radical (unpaired) electrons. The number of nitrogens with one attached hydrogen (secondary N) is 1. The van der Waals surface area contributed by atoms with Gasteiger partial charge in [0.15, 0.2) is 5.13 Å². The first-order chi connectivity index (χ1) is 14.1. The van der Waals surface area contributed by atoms with E-state index < -0.39 is 0 Å². The van der Waals surface area contributed by atoms with E-state index in [2.05, 4.69) is 20.5 Å². The number of fused-ring (bicyclic) bond motifs is 1. The number of amides is 2. The molecule has 1 N–H and O–H groups in total. The fraction of sp³-hybridized carbons (Fsp3) is 0.200. The summed E-state index contributed by atoms with van der Waals surface area (Å²) in [7, 11) is 0. The standard InChI is InChI=1S/C20H18ClN5O2S/c1-2-11-26(20(27)23-19-22-15-9-5-6-10-16(15)29-19)12-17-24-25-18(28-17)13-7-3-4-8-14(13)21/h3-10H,2,11-12H2,1H3,(H,22,23,27). The van der Waals surface area contributed by atoms with Crippen molar-refractivity contribution < 1.29 is 9.21 Å². The lowest BCUT2D eigenvalue weighted by molar-refractivity contribution is 0.203. The van der Waals surface area contributed by atoms with Crippen molar-refractivity contribution in [2.24, 2.45) is 0 Å². The average molecular weight is 428 g/mol. The largest absolute Gasteiger partial charge is 0.419 e. The highest BCUT2D eigenvalue weighted by molar-refractivity contribution is 7.22. The van der Waals surface area contributed by atoms with Crippen molar-refractivity contribution >= 4 is 44.3 Å². The Balaban J connectivity index is 1.49. The Morgan fingerprint density at radius 2 is 1.97 bits per heavy atom. The molecular formula is C20H18ClN5O2S. The van der Waals surface area contributed by atoms with Gasteiger partial charge in [-0.25, -0.2) is 9.78 Å². The first-order valence-electron chi connectivity index (χ1n) is 9.13. The third-order valence-corrected chi connectivity index (χ3v) is 5.47. The summed E-state index contributed by atoms with van der Waals surface area (Å²) in [6.45, 7) is 2.74. The monoisotopic (exact) mass is 427 g/mol. The van der Waals surface area contributed by atoms with Crippen molar-refractivity contribution in [3.8, 4) is 11.5 Å². The third kappa shape index (κ3) is 4.38. The number of benzene rings is 2. The summed E-state index contributed by atoms with van der Waals surface area (Å²) in [5, 5.41) is 12.1. The van der Waals surface area contributed by atoms with Crippen LogP contribution in [0.3, 0.4) is 0 Å². The Bertz CT molecular complexity index is 1110. The van der Waals surface area contributed by atoms with E-state index in [0.29, 0.717) is 34.0 Å².